The highest BCUT2D eigenvalue weighted by Gasteiger charge is 2.24. The lowest BCUT2D eigenvalue weighted by molar-refractivity contribution is 0.331. The molecule has 1 aliphatic rings. The predicted molar refractivity (Wildman–Crippen MR) is 44.8 cm³/mol. The van der Waals surface area contributed by atoms with Gasteiger partial charge in [0.25, 0.3) is 0 Å². The average Bonchev–Trinajstić information content (AvgIpc) is 2.10. The van der Waals surface area contributed by atoms with Crippen LogP contribution in [0.3, 0.4) is 0 Å². The van der Waals surface area contributed by atoms with Gasteiger partial charge in [0, 0.05) is 12.6 Å². The van der Waals surface area contributed by atoms with Gasteiger partial charge in [-0.1, -0.05) is 6.92 Å². The quantitative estimate of drug-likeness (QED) is 0.501. The molecule has 1 heterocycles. The molecule has 3 atom stereocenters. The molecule has 1 aliphatic heterocycles. The van der Waals surface area contributed by atoms with E-state index in [-0.39, 0.29) is 0 Å². The van der Waals surface area contributed by atoms with Crippen LogP contribution in [0.2, 0.25) is 0 Å². The summed E-state index contributed by atoms with van der Waals surface area (Å²) in [6, 6.07) is 0.838. The topological polar surface area (TPSA) is 3.24 Å². The molecule has 1 rings (SSSR count). The van der Waals surface area contributed by atoms with Gasteiger partial charge in [-0.2, -0.15) is 0 Å². The molecule has 0 spiro atoms. The third-order valence-corrected chi connectivity index (χ3v) is 2.71. The summed E-state index contributed by atoms with van der Waals surface area (Å²) >= 11 is 0. The van der Waals surface area contributed by atoms with Crippen molar-refractivity contribution in [3.05, 3.63) is 0 Å². The van der Waals surface area contributed by atoms with Gasteiger partial charge in [-0.15, -0.1) is 9.24 Å². The van der Waals surface area contributed by atoms with E-state index in [4.69, 9.17) is 0 Å². The van der Waals surface area contributed by atoms with Gasteiger partial charge in [0.15, 0.2) is 0 Å². The molecule has 0 aliphatic carbocycles. The fourth-order valence-corrected chi connectivity index (χ4v) is 2.19. The van der Waals surface area contributed by atoms with Crippen molar-refractivity contribution < 1.29 is 0 Å². The van der Waals surface area contributed by atoms with Crippen molar-refractivity contribution in [2.75, 3.05) is 19.8 Å². The molecule has 0 aromatic heterocycles. The first-order valence-corrected chi connectivity index (χ1v) is 4.46. The zero-order chi connectivity index (χ0) is 6.85. The number of nitrogens with zero attached hydrogens (tertiary/aromatic N) is 1. The molecular weight excluding hydrogens is 129 g/mol. The molecule has 2 heteroatoms. The minimum absolute atomic E-state index is 0.838. The Morgan fingerprint density at radius 1 is 1.67 bits per heavy atom. The van der Waals surface area contributed by atoms with Crippen molar-refractivity contribution in [1.29, 1.82) is 0 Å². The molecule has 0 aromatic carbocycles. The van der Waals surface area contributed by atoms with Crippen LogP contribution in [0, 0.1) is 5.92 Å². The summed E-state index contributed by atoms with van der Waals surface area (Å²) < 4.78 is 0. The lowest BCUT2D eigenvalue weighted by Gasteiger charge is -2.15. The average molecular weight is 145 g/mol. The second-order valence-electron chi connectivity index (χ2n) is 3.17. The van der Waals surface area contributed by atoms with Crippen molar-refractivity contribution in [3.8, 4) is 0 Å². The normalized spacial score (nSPS) is 37.7. The Hall–Kier alpha value is 0.390. The van der Waals surface area contributed by atoms with E-state index in [1.54, 1.807) is 0 Å². The zero-order valence-electron chi connectivity index (χ0n) is 6.30. The lowest BCUT2D eigenvalue weighted by atomic mass is 10.1. The van der Waals surface area contributed by atoms with Crippen LogP contribution >= 0.6 is 9.24 Å². The lowest BCUT2D eigenvalue weighted by Crippen LogP contribution is -2.25. The van der Waals surface area contributed by atoms with Crippen molar-refractivity contribution >= 4 is 9.24 Å². The van der Waals surface area contributed by atoms with Gasteiger partial charge in [-0.3, -0.25) is 0 Å². The summed E-state index contributed by atoms with van der Waals surface area (Å²) in [5.74, 6) is 0.917. The highest BCUT2D eigenvalue weighted by molar-refractivity contribution is 7.16. The van der Waals surface area contributed by atoms with Crippen LogP contribution in [0.4, 0.5) is 0 Å². The van der Waals surface area contributed by atoms with E-state index < -0.39 is 0 Å². The van der Waals surface area contributed by atoms with Crippen molar-refractivity contribution in [2.24, 2.45) is 5.92 Å². The molecule has 1 nitrogen and oxygen atoms in total. The number of hydrogen-bond acceptors (Lipinski definition) is 1. The standard InChI is InChI=1S/C7H16NP/c1-6-3-7(5-9)8(2)4-6/h6-7H,3-5,9H2,1-2H3/t6-,7-/m0/s1. The van der Waals surface area contributed by atoms with E-state index in [1.807, 2.05) is 0 Å². The molecule has 0 N–H and O–H groups in total. The Balaban J connectivity index is 2.38. The smallest absolute Gasteiger partial charge is 0.0130 e. The van der Waals surface area contributed by atoms with Crippen molar-refractivity contribution in [2.45, 2.75) is 19.4 Å². The number of likely N-dealkylation sites (tertiary alicyclic amines) is 1. The molecule has 54 valence electrons. The third-order valence-electron chi connectivity index (χ3n) is 2.17. The van der Waals surface area contributed by atoms with Gasteiger partial charge in [0.1, 0.15) is 0 Å². The van der Waals surface area contributed by atoms with Crippen LogP contribution in [0.5, 0.6) is 0 Å². The van der Waals surface area contributed by atoms with E-state index in [2.05, 4.69) is 28.1 Å². The van der Waals surface area contributed by atoms with Crippen molar-refractivity contribution in [1.82, 2.24) is 4.90 Å². The van der Waals surface area contributed by atoms with E-state index in [0.29, 0.717) is 0 Å². The second kappa shape index (κ2) is 2.98. The maximum atomic E-state index is 2.82. The zero-order valence-corrected chi connectivity index (χ0v) is 7.46. The minimum atomic E-state index is 0.838. The molecule has 0 radical (unpaired) electrons. The van der Waals surface area contributed by atoms with Gasteiger partial charge in [-0.05, 0) is 25.5 Å². The van der Waals surface area contributed by atoms with Crippen LogP contribution in [0.1, 0.15) is 13.3 Å². The number of rotatable bonds is 1. The van der Waals surface area contributed by atoms with Crippen LogP contribution < -0.4 is 0 Å². The first-order valence-electron chi connectivity index (χ1n) is 3.64. The molecule has 1 saturated heterocycles. The Morgan fingerprint density at radius 2 is 2.33 bits per heavy atom. The van der Waals surface area contributed by atoms with Gasteiger partial charge in [0.2, 0.25) is 0 Å². The number of hydrogen-bond donors (Lipinski definition) is 0. The molecule has 9 heavy (non-hydrogen) atoms. The van der Waals surface area contributed by atoms with Crippen LogP contribution in [-0.2, 0) is 0 Å². The van der Waals surface area contributed by atoms with Gasteiger partial charge in [-0.25, -0.2) is 0 Å². The minimum Gasteiger partial charge on any atom is -0.303 e. The Morgan fingerprint density at radius 3 is 2.56 bits per heavy atom. The summed E-state index contributed by atoms with van der Waals surface area (Å²) in [4.78, 5) is 2.46. The monoisotopic (exact) mass is 145 g/mol. The first kappa shape index (κ1) is 7.50. The molecule has 1 unspecified atom stereocenters. The Labute approximate surface area is 60.0 Å². The van der Waals surface area contributed by atoms with Gasteiger partial charge in [0.05, 0.1) is 0 Å². The fraction of sp³-hybridized carbons (Fsp3) is 1.00. The molecule has 1 fully saturated rings. The molecular formula is C7H16NP. The van der Waals surface area contributed by atoms with E-state index in [9.17, 15) is 0 Å². The maximum absolute atomic E-state index is 2.82. The van der Waals surface area contributed by atoms with Gasteiger partial charge < -0.3 is 4.90 Å². The molecule has 0 bridgehead atoms. The predicted octanol–water partition coefficient (Wildman–Crippen LogP) is 1.20. The molecule has 0 amide bonds. The van der Waals surface area contributed by atoms with E-state index >= 15 is 0 Å². The first-order chi connectivity index (χ1) is 4.24. The maximum Gasteiger partial charge on any atom is 0.0130 e. The van der Waals surface area contributed by atoms with Crippen LogP contribution in [0.15, 0.2) is 0 Å². The summed E-state index contributed by atoms with van der Waals surface area (Å²) in [6.07, 6.45) is 2.63. The van der Waals surface area contributed by atoms with Crippen LogP contribution in [0.25, 0.3) is 0 Å². The SMILES string of the molecule is C[C@H]1C[C@@H](CP)N(C)C1. The highest BCUT2D eigenvalue weighted by Crippen LogP contribution is 2.21. The second-order valence-corrected chi connectivity index (χ2v) is 3.64. The molecule has 0 aromatic rings. The molecule has 0 saturated carbocycles. The summed E-state index contributed by atoms with van der Waals surface area (Å²) in [5.41, 5.74) is 0. The third kappa shape index (κ3) is 1.65. The van der Waals surface area contributed by atoms with Crippen LogP contribution in [-0.4, -0.2) is 30.7 Å². The summed E-state index contributed by atoms with van der Waals surface area (Å²) in [6.45, 7) is 3.62. The van der Waals surface area contributed by atoms with E-state index in [0.717, 1.165) is 12.0 Å². The highest BCUT2D eigenvalue weighted by atomic mass is 31.0. The largest absolute Gasteiger partial charge is 0.303 e. The summed E-state index contributed by atoms with van der Waals surface area (Å²) in [7, 11) is 5.04. The van der Waals surface area contributed by atoms with E-state index in [1.165, 1.54) is 19.1 Å². The fourth-order valence-electron chi connectivity index (χ4n) is 1.64. The Bertz CT molecular complexity index is 94.9. The Kier molecular flexibility index (Phi) is 2.49. The van der Waals surface area contributed by atoms with Gasteiger partial charge >= 0.3 is 0 Å². The van der Waals surface area contributed by atoms with Crippen molar-refractivity contribution in [3.63, 3.8) is 0 Å². The summed E-state index contributed by atoms with van der Waals surface area (Å²) in [5, 5.41) is 0.